The molecule has 0 amide bonds. The number of benzene rings is 2. The predicted octanol–water partition coefficient (Wildman–Crippen LogP) is 1.55. The molecule has 0 radical (unpaired) electrons. The van der Waals surface area contributed by atoms with Crippen molar-refractivity contribution in [2.24, 2.45) is 11.5 Å². The van der Waals surface area contributed by atoms with E-state index in [1.54, 1.807) is 0 Å². The molecule has 2 rings (SSSR count). The zero-order valence-electron chi connectivity index (χ0n) is 13.9. The molecule has 2 aromatic rings. The van der Waals surface area contributed by atoms with Gasteiger partial charge >= 0.3 is 0 Å². The molecule has 4 N–H and O–H groups in total. The first-order valence-corrected chi connectivity index (χ1v) is 8.19. The van der Waals surface area contributed by atoms with Gasteiger partial charge in [0.25, 0.3) is 0 Å². The summed E-state index contributed by atoms with van der Waals surface area (Å²) in [5.74, 6) is 1.63. The molecular formula is C18H26N2O4. The van der Waals surface area contributed by atoms with Gasteiger partial charge in [-0.25, -0.2) is 0 Å². The lowest BCUT2D eigenvalue weighted by molar-refractivity contribution is 0.106. The molecule has 0 heterocycles. The van der Waals surface area contributed by atoms with Crippen molar-refractivity contribution < 1.29 is 18.9 Å². The summed E-state index contributed by atoms with van der Waals surface area (Å²) in [5, 5.41) is 2.02. The molecule has 0 fully saturated rings. The van der Waals surface area contributed by atoms with Crippen molar-refractivity contribution in [1.29, 1.82) is 0 Å². The van der Waals surface area contributed by atoms with Crippen LogP contribution in [0.2, 0.25) is 0 Å². The second kappa shape index (κ2) is 10.8. The lowest BCUT2D eigenvalue weighted by atomic mass is 10.1. The Bertz CT molecular complexity index is 553. The van der Waals surface area contributed by atoms with E-state index in [9.17, 15) is 0 Å². The Balaban J connectivity index is 1.97. The smallest absolute Gasteiger partial charge is 0.127 e. The van der Waals surface area contributed by atoms with Crippen molar-refractivity contribution in [3.63, 3.8) is 0 Å². The van der Waals surface area contributed by atoms with Crippen LogP contribution in [0.15, 0.2) is 36.4 Å². The van der Waals surface area contributed by atoms with Gasteiger partial charge in [-0.1, -0.05) is 24.3 Å². The largest absolute Gasteiger partial charge is 0.491 e. The lowest BCUT2D eigenvalue weighted by Crippen LogP contribution is -2.13. The lowest BCUT2D eigenvalue weighted by Gasteiger charge is -2.13. The minimum Gasteiger partial charge on any atom is -0.491 e. The summed E-state index contributed by atoms with van der Waals surface area (Å²) < 4.78 is 22.3. The van der Waals surface area contributed by atoms with Gasteiger partial charge < -0.3 is 30.4 Å². The third-order valence-corrected chi connectivity index (χ3v) is 3.34. The van der Waals surface area contributed by atoms with Gasteiger partial charge in [0.2, 0.25) is 0 Å². The van der Waals surface area contributed by atoms with Crippen molar-refractivity contribution in [1.82, 2.24) is 0 Å². The van der Waals surface area contributed by atoms with Crippen molar-refractivity contribution in [3.05, 3.63) is 36.4 Å². The number of nitrogens with two attached hydrogens (primary N) is 2. The summed E-state index contributed by atoms with van der Waals surface area (Å²) in [7, 11) is 0. The summed E-state index contributed by atoms with van der Waals surface area (Å²) in [6.45, 7) is 4.12. The van der Waals surface area contributed by atoms with Gasteiger partial charge in [0.15, 0.2) is 0 Å². The third kappa shape index (κ3) is 5.65. The maximum absolute atomic E-state index is 5.82. The van der Waals surface area contributed by atoms with Crippen LogP contribution in [0.1, 0.15) is 0 Å². The molecule has 0 atom stereocenters. The molecule has 0 bridgehead atoms. The summed E-state index contributed by atoms with van der Waals surface area (Å²) >= 11 is 0. The van der Waals surface area contributed by atoms with Crippen molar-refractivity contribution in [2.45, 2.75) is 0 Å². The summed E-state index contributed by atoms with van der Waals surface area (Å²) in [6, 6.07) is 11.8. The van der Waals surface area contributed by atoms with Crippen LogP contribution in [-0.2, 0) is 9.47 Å². The first kappa shape index (κ1) is 18.5. The van der Waals surface area contributed by atoms with E-state index in [2.05, 4.69) is 0 Å². The first-order chi connectivity index (χ1) is 11.9. The Hall–Kier alpha value is -1.86. The molecular weight excluding hydrogens is 308 g/mol. The van der Waals surface area contributed by atoms with E-state index in [0.717, 1.165) is 22.3 Å². The first-order valence-electron chi connectivity index (χ1n) is 8.19. The van der Waals surface area contributed by atoms with E-state index < -0.39 is 0 Å². The fraction of sp³-hybridized carbons (Fsp3) is 0.444. The average molecular weight is 334 g/mol. The van der Waals surface area contributed by atoms with E-state index in [1.807, 2.05) is 36.4 Å². The molecule has 132 valence electrons. The van der Waals surface area contributed by atoms with Crippen LogP contribution in [0.5, 0.6) is 11.5 Å². The van der Waals surface area contributed by atoms with Crippen molar-refractivity contribution in [3.8, 4) is 11.5 Å². The summed E-state index contributed by atoms with van der Waals surface area (Å²) in [5.41, 5.74) is 10.8. The molecule has 24 heavy (non-hydrogen) atoms. The van der Waals surface area contributed by atoms with Crippen LogP contribution in [-0.4, -0.2) is 52.7 Å². The monoisotopic (exact) mass is 334 g/mol. The average Bonchev–Trinajstić information content (AvgIpc) is 2.61. The topological polar surface area (TPSA) is 89.0 Å². The van der Waals surface area contributed by atoms with Crippen LogP contribution in [0.3, 0.4) is 0 Å². The second-order valence-electron chi connectivity index (χ2n) is 5.11. The highest BCUT2D eigenvalue weighted by Gasteiger charge is 2.07. The second-order valence-corrected chi connectivity index (χ2v) is 5.11. The van der Waals surface area contributed by atoms with E-state index in [4.69, 9.17) is 30.4 Å². The minimum absolute atomic E-state index is 0.483. The van der Waals surface area contributed by atoms with Crippen molar-refractivity contribution in [2.75, 3.05) is 52.7 Å². The molecule has 0 aromatic heterocycles. The SMILES string of the molecule is NCCOCCOc1cccc2c(OCCOCCN)cccc12. The Kier molecular flexibility index (Phi) is 8.34. The molecule has 2 aromatic carbocycles. The number of rotatable bonds is 12. The van der Waals surface area contributed by atoms with E-state index in [0.29, 0.717) is 52.7 Å². The molecule has 6 heteroatoms. The van der Waals surface area contributed by atoms with Crippen LogP contribution in [0.4, 0.5) is 0 Å². The molecule has 0 saturated heterocycles. The van der Waals surface area contributed by atoms with E-state index in [1.165, 1.54) is 0 Å². The highest BCUT2D eigenvalue weighted by Crippen LogP contribution is 2.32. The number of hydrogen-bond acceptors (Lipinski definition) is 6. The van der Waals surface area contributed by atoms with Gasteiger partial charge in [0.05, 0.1) is 26.4 Å². The molecule has 0 saturated carbocycles. The summed E-state index contributed by atoms with van der Waals surface area (Å²) in [6.07, 6.45) is 0. The minimum atomic E-state index is 0.483. The maximum Gasteiger partial charge on any atom is 0.127 e. The molecule has 0 aliphatic rings. The van der Waals surface area contributed by atoms with Crippen LogP contribution < -0.4 is 20.9 Å². The zero-order chi connectivity index (χ0) is 17.0. The molecule has 0 spiro atoms. The fourth-order valence-electron chi connectivity index (χ4n) is 2.30. The molecule has 6 nitrogen and oxygen atoms in total. The number of hydrogen-bond donors (Lipinski definition) is 2. The highest BCUT2D eigenvalue weighted by molar-refractivity contribution is 5.93. The highest BCUT2D eigenvalue weighted by atomic mass is 16.5. The van der Waals surface area contributed by atoms with Gasteiger partial charge in [-0.15, -0.1) is 0 Å². The van der Waals surface area contributed by atoms with E-state index >= 15 is 0 Å². The normalized spacial score (nSPS) is 10.9. The van der Waals surface area contributed by atoms with Crippen LogP contribution in [0.25, 0.3) is 10.8 Å². The fourth-order valence-corrected chi connectivity index (χ4v) is 2.30. The molecule has 0 unspecified atom stereocenters. The Morgan fingerprint density at radius 2 is 1.04 bits per heavy atom. The van der Waals surface area contributed by atoms with Crippen molar-refractivity contribution >= 4 is 10.8 Å². The van der Waals surface area contributed by atoms with Crippen LogP contribution >= 0.6 is 0 Å². The Labute approximate surface area is 142 Å². The quantitative estimate of drug-likeness (QED) is 0.573. The van der Waals surface area contributed by atoms with Gasteiger partial charge in [-0.2, -0.15) is 0 Å². The van der Waals surface area contributed by atoms with Gasteiger partial charge in [-0.3, -0.25) is 0 Å². The van der Waals surface area contributed by atoms with Gasteiger partial charge in [-0.05, 0) is 12.1 Å². The van der Waals surface area contributed by atoms with Crippen LogP contribution in [0, 0.1) is 0 Å². The number of fused-ring (bicyclic) bond motifs is 1. The predicted molar refractivity (Wildman–Crippen MR) is 94.7 cm³/mol. The van der Waals surface area contributed by atoms with E-state index in [-0.39, 0.29) is 0 Å². The number of ether oxygens (including phenoxy) is 4. The zero-order valence-corrected chi connectivity index (χ0v) is 13.9. The molecule has 0 aliphatic carbocycles. The Morgan fingerprint density at radius 3 is 1.46 bits per heavy atom. The maximum atomic E-state index is 5.82. The standard InChI is InChI=1S/C18H26N2O4/c19-7-9-21-11-13-23-17-5-1-3-15-16(17)4-2-6-18(15)24-14-12-22-10-8-20/h1-6H,7-14,19-20H2. The Morgan fingerprint density at radius 1 is 0.583 bits per heavy atom. The summed E-state index contributed by atoms with van der Waals surface area (Å²) in [4.78, 5) is 0. The molecule has 0 aliphatic heterocycles. The third-order valence-electron chi connectivity index (χ3n) is 3.34. The van der Waals surface area contributed by atoms with Gasteiger partial charge in [0.1, 0.15) is 24.7 Å². The van der Waals surface area contributed by atoms with Gasteiger partial charge in [0, 0.05) is 23.9 Å².